The van der Waals surface area contributed by atoms with Crippen LogP contribution < -0.4 is 14.8 Å². The van der Waals surface area contributed by atoms with Crippen molar-refractivity contribution in [2.24, 2.45) is 5.92 Å². The van der Waals surface area contributed by atoms with Gasteiger partial charge in [-0.05, 0) is 36.4 Å². The molecule has 0 spiro atoms. The van der Waals surface area contributed by atoms with Gasteiger partial charge in [0.25, 0.3) is 0 Å². The van der Waals surface area contributed by atoms with Gasteiger partial charge in [-0.15, -0.1) is 23.1 Å². The number of thioether (sulfide) groups is 1. The van der Waals surface area contributed by atoms with Crippen LogP contribution in [0.15, 0.2) is 39.9 Å². The second-order valence-electron chi connectivity index (χ2n) is 6.43. The highest BCUT2D eigenvalue weighted by Crippen LogP contribution is 2.34. The minimum Gasteiger partial charge on any atom is -0.454 e. The molecule has 8 heteroatoms. The lowest BCUT2D eigenvalue weighted by Crippen LogP contribution is -2.42. The van der Waals surface area contributed by atoms with Crippen molar-refractivity contribution in [3.63, 3.8) is 0 Å². The fraction of sp³-hybridized carbons (Fsp3) is 0.368. The molecule has 2 aliphatic rings. The molecule has 2 aliphatic heterocycles. The lowest BCUT2D eigenvalue weighted by Gasteiger charge is -2.31. The summed E-state index contributed by atoms with van der Waals surface area (Å²) in [5, 5.41) is 4.96. The van der Waals surface area contributed by atoms with Gasteiger partial charge >= 0.3 is 0 Å². The zero-order valence-corrected chi connectivity index (χ0v) is 16.3. The molecule has 1 saturated heterocycles. The van der Waals surface area contributed by atoms with E-state index in [0.717, 1.165) is 4.21 Å². The van der Waals surface area contributed by atoms with Crippen LogP contribution >= 0.6 is 23.1 Å². The zero-order valence-electron chi connectivity index (χ0n) is 14.7. The quantitative estimate of drug-likeness (QED) is 0.773. The number of benzene rings is 1. The third-order valence-corrected chi connectivity index (χ3v) is 6.81. The maximum atomic E-state index is 12.5. The van der Waals surface area contributed by atoms with Gasteiger partial charge in [-0.25, -0.2) is 0 Å². The molecular formula is C19H20N2O4S2. The van der Waals surface area contributed by atoms with Gasteiger partial charge in [0.05, 0.1) is 9.96 Å². The summed E-state index contributed by atoms with van der Waals surface area (Å²) in [6.45, 7) is 1.47. The second-order valence-corrected chi connectivity index (χ2v) is 8.66. The molecule has 0 atom stereocenters. The number of likely N-dealkylation sites (tertiary alicyclic amines) is 1. The molecule has 1 aromatic heterocycles. The van der Waals surface area contributed by atoms with Crippen LogP contribution in [0.4, 0.5) is 5.69 Å². The minimum atomic E-state index is -0.0792. The molecule has 4 rings (SSSR count). The first-order valence-electron chi connectivity index (χ1n) is 8.83. The Bertz CT molecular complexity index is 817. The lowest BCUT2D eigenvalue weighted by atomic mass is 9.96. The number of fused-ring (bicyclic) bond motifs is 1. The maximum Gasteiger partial charge on any atom is 0.232 e. The van der Waals surface area contributed by atoms with Gasteiger partial charge in [0.15, 0.2) is 11.5 Å². The van der Waals surface area contributed by atoms with Crippen LogP contribution in [0.2, 0.25) is 0 Å². The predicted octanol–water partition coefficient (Wildman–Crippen LogP) is 3.45. The van der Waals surface area contributed by atoms with E-state index >= 15 is 0 Å². The number of anilines is 1. The van der Waals surface area contributed by atoms with E-state index in [1.54, 1.807) is 35.2 Å². The molecule has 6 nitrogen and oxygen atoms in total. The number of nitrogens with one attached hydrogen (secondary N) is 1. The largest absolute Gasteiger partial charge is 0.454 e. The van der Waals surface area contributed by atoms with Crippen molar-refractivity contribution in [1.29, 1.82) is 0 Å². The molecule has 142 valence electrons. The molecule has 1 fully saturated rings. The third kappa shape index (κ3) is 4.39. The standard InChI is InChI=1S/C19H20N2O4S2/c22-17(11-27-18-2-1-9-26-18)21-7-5-13(6-8-21)19(23)20-14-3-4-15-16(10-14)25-12-24-15/h1-4,9-10,13H,5-8,11-12H2,(H,20,23). The fourth-order valence-electron chi connectivity index (χ4n) is 3.18. The molecule has 1 aromatic carbocycles. The summed E-state index contributed by atoms with van der Waals surface area (Å²) in [6, 6.07) is 9.40. The van der Waals surface area contributed by atoms with Gasteiger partial charge in [-0.2, -0.15) is 0 Å². The molecule has 27 heavy (non-hydrogen) atoms. The molecule has 3 heterocycles. The summed E-state index contributed by atoms with van der Waals surface area (Å²) in [7, 11) is 0. The van der Waals surface area contributed by atoms with Crippen LogP contribution in [0.3, 0.4) is 0 Å². The van der Waals surface area contributed by atoms with Crippen LogP contribution in [0.1, 0.15) is 12.8 Å². The topological polar surface area (TPSA) is 67.9 Å². The summed E-state index contributed by atoms with van der Waals surface area (Å²) in [6.07, 6.45) is 1.37. The zero-order chi connectivity index (χ0) is 18.6. The lowest BCUT2D eigenvalue weighted by molar-refractivity contribution is -0.132. The molecule has 1 N–H and O–H groups in total. The van der Waals surface area contributed by atoms with Crippen LogP contribution in [-0.4, -0.2) is 42.3 Å². The number of hydrogen-bond acceptors (Lipinski definition) is 6. The van der Waals surface area contributed by atoms with Gasteiger partial charge < -0.3 is 19.7 Å². The SMILES string of the molecule is O=C(Nc1ccc2c(c1)OCO2)C1CCN(C(=O)CSc2cccs2)CC1. The van der Waals surface area contributed by atoms with Crippen LogP contribution in [-0.2, 0) is 9.59 Å². The van der Waals surface area contributed by atoms with Gasteiger partial charge in [-0.3, -0.25) is 9.59 Å². The number of thiophene rings is 1. The van der Waals surface area contributed by atoms with Crippen molar-refractivity contribution >= 4 is 40.6 Å². The molecule has 0 aliphatic carbocycles. The Kier molecular flexibility index (Phi) is 5.54. The van der Waals surface area contributed by atoms with Gasteiger partial charge in [0, 0.05) is 30.8 Å². The van der Waals surface area contributed by atoms with Crippen molar-refractivity contribution in [3.05, 3.63) is 35.7 Å². The van der Waals surface area contributed by atoms with Crippen molar-refractivity contribution in [3.8, 4) is 11.5 Å². The van der Waals surface area contributed by atoms with E-state index in [9.17, 15) is 9.59 Å². The number of ether oxygens (including phenoxy) is 2. The Hall–Kier alpha value is -2.19. The van der Waals surface area contributed by atoms with Crippen molar-refractivity contribution in [2.45, 2.75) is 17.1 Å². The average molecular weight is 405 g/mol. The van der Waals surface area contributed by atoms with E-state index in [2.05, 4.69) is 5.32 Å². The average Bonchev–Trinajstić information content (AvgIpc) is 3.37. The Morgan fingerprint density at radius 2 is 2.00 bits per heavy atom. The van der Waals surface area contributed by atoms with E-state index in [-0.39, 0.29) is 24.5 Å². The summed E-state index contributed by atoms with van der Waals surface area (Å²) < 4.78 is 11.8. The first-order valence-corrected chi connectivity index (χ1v) is 10.7. The predicted molar refractivity (Wildman–Crippen MR) is 106 cm³/mol. The Labute approximate surface area is 165 Å². The molecule has 0 unspecified atom stereocenters. The summed E-state index contributed by atoms with van der Waals surface area (Å²) in [5.41, 5.74) is 0.704. The van der Waals surface area contributed by atoms with Crippen molar-refractivity contribution in [1.82, 2.24) is 4.90 Å². The summed E-state index contributed by atoms with van der Waals surface area (Å²) in [4.78, 5) is 26.8. The highest BCUT2D eigenvalue weighted by atomic mass is 32.2. The molecule has 0 radical (unpaired) electrons. The molecule has 2 aromatic rings. The number of carbonyl (C=O) groups is 2. The fourth-order valence-corrected chi connectivity index (χ4v) is 4.87. The number of carbonyl (C=O) groups excluding carboxylic acids is 2. The molecule has 0 bridgehead atoms. The van der Waals surface area contributed by atoms with Crippen molar-refractivity contribution < 1.29 is 19.1 Å². The van der Waals surface area contributed by atoms with E-state index < -0.39 is 0 Å². The monoisotopic (exact) mass is 404 g/mol. The molecule has 0 saturated carbocycles. The molecule has 2 amide bonds. The Balaban J connectivity index is 1.24. The van der Waals surface area contributed by atoms with Gasteiger partial charge in [0.1, 0.15) is 0 Å². The summed E-state index contributed by atoms with van der Waals surface area (Å²) in [5.74, 6) is 1.85. The smallest absolute Gasteiger partial charge is 0.232 e. The van der Waals surface area contributed by atoms with Crippen LogP contribution in [0.5, 0.6) is 11.5 Å². The third-order valence-electron chi connectivity index (χ3n) is 4.69. The maximum absolute atomic E-state index is 12.5. The Morgan fingerprint density at radius 3 is 2.78 bits per heavy atom. The highest BCUT2D eigenvalue weighted by Gasteiger charge is 2.27. The normalized spacial score (nSPS) is 16.4. The van der Waals surface area contributed by atoms with Gasteiger partial charge in [0.2, 0.25) is 18.6 Å². The number of hydrogen-bond donors (Lipinski definition) is 1. The highest BCUT2D eigenvalue weighted by molar-refractivity contribution is 8.01. The van der Waals surface area contributed by atoms with Crippen LogP contribution in [0.25, 0.3) is 0 Å². The number of piperidine rings is 1. The van der Waals surface area contributed by atoms with E-state index in [1.165, 1.54) is 0 Å². The number of nitrogens with zero attached hydrogens (tertiary/aromatic N) is 1. The second kappa shape index (κ2) is 8.22. The van der Waals surface area contributed by atoms with Crippen molar-refractivity contribution in [2.75, 3.05) is 31.0 Å². The first kappa shape index (κ1) is 18.2. The van der Waals surface area contributed by atoms with E-state index in [1.807, 2.05) is 28.5 Å². The number of rotatable bonds is 5. The summed E-state index contributed by atoms with van der Waals surface area (Å²) >= 11 is 3.22. The van der Waals surface area contributed by atoms with Crippen LogP contribution in [0, 0.1) is 5.92 Å². The van der Waals surface area contributed by atoms with E-state index in [4.69, 9.17) is 9.47 Å². The Morgan fingerprint density at radius 1 is 1.19 bits per heavy atom. The number of amides is 2. The first-order chi connectivity index (χ1) is 13.2. The van der Waals surface area contributed by atoms with E-state index in [0.29, 0.717) is 48.9 Å². The van der Waals surface area contributed by atoms with Gasteiger partial charge in [-0.1, -0.05) is 6.07 Å². The minimum absolute atomic E-state index is 0.00563. The molecular weight excluding hydrogens is 384 g/mol.